The van der Waals surface area contributed by atoms with Gasteiger partial charge in [-0.1, -0.05) is 41.4 Å². The maximum atomic E-state index is 10.2. The highest BCUT2D eigenvalue weighted by atomic mass is 127. The fraction of sp³-hybridized carbons (Fsp3) is 0.0769. The lowest BCUT2D eigenvalue weighted by molar-refractivity contribution is 0.220. The fourth-order valence-corrected chi connectivity index (χ4v) is 2.43. The normalized spacial score (nSPS) is 12.5. The van der Waals surface area contributed by atoms with Crippen molar-refractivity contribution in [2.24, 2.45) is 0 Å². The van der Waals surface area contributed by atoms with Crippen LogP contribution in [0.1, 0.15) is 17.2 Å². The van der Waals surface area contributed by atoms with Gasteiger partial charge in [-0.25, -0.2) is 0 Å². The molecule has 0 fully saturated rings. The summed E-state index contributed by atoms with van der Waals surface area (Å²) in [5.41, 5.74) is 1.58. The molecule has 0 aliphatic carbocycles. The first-order valence-electron chi connectivity index (χ1n) is 4.96. The summed E-state index contributed by atoms with van der Waals surface area (Å²) in [4.78, 5) is 0. The Hall–Kier alpha value is -0.290. The van der Waals surface area contributed by atoms with Crippen molar-refractivity contribution in [1.82, 2.24) is 0 Å². The summed E-state index contributed by atoms with van der Waals surface area (Å²) in [5, 5.41) is 11.2. The van der Waals surface area contributed by atoms with E-state index in [0.29, 0.717) is 10.0 Å². The van der Waals surface area contributed by atoms with Crippen LogP contribution in [0.2, 0.25) is 10.0 Å². The summed E-state index contributed by atoms with van der Waals surface area (Å²) >= 11 is 14.0. The Labute approximate surface area is 124 Å². The second kappa shape index (κ2) is 5.57. The van der Waals surface area contributed by atoms with E-state index in [1.807, 2.05) is 24.3 Å². The van der Waals surface area contributed by atoms with E-state index in [9.17, 15) is 5.11 Å². The molecular formula is C13H9Cl2IO. The molecule has 0 aromatic heterocycles. The maximum absolute atomic E-state index is 10.2. The quantitative estimate of drug-likeness (QED) is 0.752. The molecule has 4 heteroatoms. The van der Waals surface area contributed by atoms with Crippen LogP contribution in [0.15, 0.2) is 42.5 Å². The number of hydrogen-bond acceptors (Lipinski definition) is 1. The summed E-state index contributed by atoms with van der Waals surface area (Å²) in [6, 6.07) is 12.9. The first-order valence-corrected chi connectivity index (χ1v) is 6.80. The molecule has 0 aliphatic rings. The standard InChI is InChI=1S/C13H9Cl2IO/c14-11-5-4-9(7-12(11)15)13(17)8-2-1-3-10(16)6-8/h1-7,13,17H. The zero-order valence-electron chi connectivity index (χ0n) is 8.70. The predicted octanol–water partition coefficient (Wildman–Crippen LogP) is 4.68. The van der Waals surface area contributed by atoms with Crippen molar-refractivity contribution in [3.05, 3.63) is 67.2 Å². The molecule has 2 rings (SSSR count). The van der Waals surface area contributed by atoms with E-state index in [-0.39, 0.29) is 0 Å². The molecule has 0 amide bonds. The van der Waals surface area contributed by atoms with Gasteiger partial charge in [0.2, 0.25) is 0 Å². The van der Waals surface area contributed by atoms with Gasteiger partial charge in [0.1, 0.15) is 6.10 Å². The van der Waals surface area contributed by atoms with Crippen LogP contribution in [-0.4, -0.2) is 5.11 Å². The van der Waals surface area contributed by atoms with Gasteiger partial charge in [-0.15, -0.1) is 0 Å². The van der Waals surface area contributed by atoms with Crippen molar-refractivity contribution in [1.29, 1.82) is 0 Å². The Balaban J connectivity index is 2.36. The maximum Gasteiger partial charge on any atom is 0.104 e. The van der Waals surface area contributed by atoms with E-state index < -0.39 is 6.10 Å². The van der Waals surface area contributed by atoms with Crippen LogP contribution in [0.5, 0.6) is 0 Å². The number of halogens is 3. The first kappa shape index (κ1) is 13.1. The van der Waals surface area contributed by atoms with Gasteiger partial charge in [-0.3, -0.25) is 0 Å². The van der Waals surface area contributed by atoms with Gasteiger partial charge in [0, 0.05) is 3.57 Å². The van der Waals surface area contributed by atoms with E-state index in [1.54, 1.807) is 18.2 Å². The average molecular weight is 379 g/mol. The highest BCUT2D eigenvalue weighted by molar-refractivity contribution is 14.1. The minimum Gasteiger partial charge on any atom is -0.384 e. The summed E-state index contributed by atoms with van der Waals surface area (Å²) in [7, 11) is 0. The van der Waals surface area contributed by atoms with Crippen molar-refractivity contribution in [2.45, 2.75) is 6.10 Å². The lowest BCUT2D eigenvalue weighted by Crippen LogP contribution is -1.99. The number of aliphatic hydroxyl groups is 1. The molecule has 2 aromatic carbocycles. The Morgan fingerprint density at radius 3 is 2.29 bits per heavy atom. The molecule has 1 unspecified atom stereocenters. The molecular weight excluding hydrogens is 370 g/mol. The smallest absolute Gasteiger partial charge is 0.104 e. The third kappa shape index (κ3) is 3.13. The van der Waals surface area contributed by atoms with E-state index in [2.05, 4.69) is 22.6 Å². The predicted molar refractivity (Wildman–Crippen MR) is 79.7 cm³/mol. The van der Waals surface area contributed by atoms with Crippen molar-refractivity contribution in [3.8, 4) is 0 Å². The van der Waals surface area contributed by atoms with Crippen LogP contribution in [0, 0.1) is 3.57 Å². The molecule has 0 bridgehead atoms. The molecule has 0 spiro atoms. The monoisotopic (exact) mass is 378 g/mol. The van der Waals surface area contributed by atoms with Gasteiger partial charge in [0.15, 0.2) is 0 Å². The van der Waals surface area contributed by atoms with Gasteiger partial charge >= 0.3 is 0 Å². The van der Waals surface area contributed by atoms with Crippen LogP contribution in [0.4, 0.5) is 0 Å². The van der Waals surface area contributed by atoms with Gasteiger partial charge in [0.25, 0.3) is 0 Å². The molecule has 0 aliphatic heterocycles. The summed E-state index contributed by atoms with van der Waals surface area (Å²) in [5.74, 6) is 0. The SMILES string of the molecule is OC(c1cccc(I)c1)c1ccc(Cl)c(Cl)c1. The van der Waals surface area contributed by atoms with Crippen LogP contribution >= 0.6 is 45.8 Å². The number of rotatable bonds is 2. The molecule has 0 radical (unpaired) electrons. The van der Waals surface area contributed by atoms with Crippen LogP contribution < -0.4 is 0 Å². The summed E-state index contributed by atoms with van der Waals surface area (Å²) in [6.07, 6.45) is -0.681. The minimum absolute atomic E-state index is 0.453. The van der Waals surface area contributed by atoms with Crippen molar-refractivity contribution in [3.63, 3.8) is 0 Å². The highest BCUT2D eigenvalue weighted by Gasteiger charge is 2.12. The fourth-order valence-electron chi connectivity index (χ4n) is 1.55. The average Bonchev–Trinajstić information content (AvgIpc) is 2.32. The van der Waals surface area contributed by atoms with Gasteiger partial charge in [0.05, 0.1) is 10.0 Å². The number of aliphatic hydroxyl groups excluding tert-OH is 1. The third-order valence-corrected chi connectivity index (χ3v) is 3.83. The van der Waals surface area contributed by atoms with Crippen molar-refractivity contribution in [2.75, 3.05) is 0 Å². The molecule has 0 saturated heterocycles. The minimum atomic E-state index is -0.681. The molecule has 17 heavy (non-hydrogen) atoms. The second-order valence-electron chi connectivity index (χ2n) is 3.63. The molecule has 1 N–H and O–H groups in total. The molecule has 1 atom stereocenters. The van der Waals surface area contributed by atoms with E-state index in [0.717, 1.165) is 14.7 Å². The molecule has 0 heterocycles. The lowest BCUT2D eigenvalue weighted by Gasteiger charge is -2.12. The van der Waals surface area contributed by atoms with Crippen LogP contribution in [-0.2, 0) is 0 Å². The summed E-state index contributed by atoms with van der Waals surface area (Å²) in [6.45, 7) is 0. The second-order valence-corrected chi connectivity index (χ2v) is 5.69. The Kier molecular flexibility index (Phi) is 4.31. The van der Waals surface area contributed by atoms with E-state index in [1.165, 1.54) is 0 Å². The Morgan fingerprint density at radius 1 is 0.941 bits per heavy atom. The largest absolute Gasteiger partial charge is 0.384 e. The molecule has 1 nitrogen and oxygen atoms in total. The first-order chi connectivity index (χ1) is 8.08. The van der Waals surface area contributed by atoms with Gasteiger partial charge in [-0.2, -0.15) is 0 Å². The zero-order chi connectivity index (χ0) is 12.4. The van der Waals surface area contributed by atoms with E-state index in [4.69, 9.17) is 23.2 Å². The third-order valence-electron chi connectivity index (χ3n) is 2.42. The summed E-state index contributed by atoms with van der Waals surface area (Å²) < 4.78 is 1.08. The number of hydrogen-bond donors (Lipinski definition) is 1. The van der Waals surface area contributed by atoms with Gasteiger partial charge in [-0.05, 0) is 58.0 Å². The van der Waals surface area contributed by atoms with Gasteiger partial charge < -0.3 is 5.11 Å². The Bertz CT molecular complexity index is 543. The highest BCUT2D eigenvalue weighted by Crippen LogP contribution is 2.29. The molecule has 0 saturated carbocycles. The van der Waals surface area contributed by atoms with E-state index >= 15 is 0 Å². The lowest BCUT2D eigenvalue weighted by atomic mass is 10.0. The van der Waals surface area contributed by atoms with Crippen LogP contribution in [0.3, 0.4) is 0 Å². The Morgan fingerprint density at radius 2 is 1.65 bits per heavy atom. The molecule has 2 aromatic rings. The number of benzene rings is 2. The molecule has 88 valence electrons. The zero-order valence-corrected chi connectivity index (χ0v) is 12.4. The van der Waals surface area contributed by atoms with Crippen LogP contribution in [0.25, 0.3) is 0 Å². The topological polar surface area (TPSA) is 20.2 Å². The van der Waals surface area contributed by atoms with Crippen molar-refractivity contribution >= 4 is 45.8 Å². The van der Waals surface area contributed by atoms with Crippen molar-refractivity contribution < 1.29 is 5.11 Å².